The Morgan fingerprint density at radius 3 is 2.85 bits per heavy atom. The predicted octanol–water partition coefficient (Wildman–Crippen LogP) is 1.35. The second kappa shape index (κ2) is 6.23. The van der Waals surface area contributed by atoms with Gasteiger partial charge in [-0.2, -0.15) is 0 Å². The Hall–Kier alpha value is -1.60. The molecule has 1 heterocycles. The summed E-state index contributed by atoms with van der Waals surface area (Å²) < 4.78 is 6.08. The molecule has 1 amide bonds. The highest BCUT2D eigenvalue weighted by atomic mass is 79.9. The molecule has 1 atom stereocenters. The highest BCUT2D eigenvalue weighted by Gasteiger charge is 2.26. The Kier molecular flexibility index (Phi) is 4.61. The van der Waals surface area contributed by atoms with Crippen LogP contribution in [0.15, 0.2) is 22.7 Å². The number of carbonyl (C=O) groups is 2. The Morgan fingerprint density at radius 1 is 1.45 bits per heavy atom. The van der Waals surface area contributed by atoms with Gasteiger partial charge in [-0.1, -0.05) is 15.9 Å². The van der Waals surface area contributed by atoms with Crippen LogP contribution in [0.25, 0.3) is 0 Å². The van der Waals surface area contributed by atoms with Crippen molar-refractivity contribution in [3.8, 4) is 0 Å². The summed E-state index contributed by atoms with van der Waals surface area (Å²) in [5.41, 5.74) is 6.69. The van der Waals surface area contributed by atoms with E-state index in [1.54, 1.807) is 23.1 Å². The molecule has 0 aromatic heterocycles. The minimum Gasteiger partial charge on any atom is -0.481 e. The maximum Gasteiger partial charge on any atom is 0.306 e. The highest BCUT2D eigenvalue weighted by molar-refractivity contribution is 9.10. The fourth-order valence-electron chi connectivity index (χ4n) is 2.14. The topological polar surface area (TPSA) is 92.9 Å². The van der Waals surface area contributed by atoms with E-state index in [4.69, 9.17) is 15.6 Å². The number of aliphatic carboxylic acids is 1. The molecule has 1 aliphatic heterocycles. The maximum absolute atomic E-state index is 12.4. The molecule has 1 aliphatic rings. The first-order valence-electron chi connectivity index (χ1n) is 6.14. The van der Waals surface area contributed by atoms with E-state index in [1.807, 2.05) is 0 Å². The van der Waals surface area contributed by atoms with Gasteiger partial charge >= 0.3 is 5.97 Å². The summed E-state index contributed by atoms with van der Waals surface area (Å²) >= 11 is 3.30. The van der Waals surface area contributed by atoms with Crippen LogP contribution in [-0.4, -0.2) is 47.7 Å². The van der Waals surface area contributed by atoms with Gasteiger partial charge in [-0.05, 0) is 18.2 Å². The molecule has 0 radical (unpaired) electrons. The lowest BCUT2D eigenvalue weighted by Crippen LogP contribution is -2.46. The van der Waals surface area contributed by atoms with Gasteiger partial charge < -0.3 is 20.5 Å². The smallest absolute Gasteiger partial charge is 0.306 e. The van der Waals surface area contributed by atoms with E-state index in [0.717, 1.165) is 4.47 Å². The molecule has 1 unspecified atom stereocenters. The van der Waals surface area contributed by atoms with Crippen molar-refractivity contribution in [2.45, 2.75) is 12.5 Å². The van der Waals surface area contributed by atoms with Crippen LogP contribution in [0.2, 0.25) is 0 Å². The number of hydrogen-bond donors (Lipinski definition) is 2. The van der Waals surface area contributed by atoms with Crippen molar-refractivity contribution in [1.82, 2.24) is 4.90 Å². The Labute approximate surface area is 124 Å². The van der Waals surface area contributed by atoms with Gasteiger partial charge in [0.2, 0.25) is 0 Å². The summed E-state index contributed by atoms with van der Waals surface area (Å²) in [7, 11) is 0. The average Bonchev–Trinajstić information content (AvgIpc) is 2.36. The largest absolute Gasteiger partial charge is 0.481 e. The molecule has 3 N–H and O–H groups in total. The summed E-state index contributed by atoms with van der Waals surface area (Å²) in [4.78, 5) is 24.7. The fourth-order valence-corrected chi connectivity index (χ4v) is 2.65. The van der Waals surface area contributed by atoms with Gasteiger partial charge in [0.15, 0.2) is 0 Å². The van der Waals surface area contributed by atoms with Crippen LogP contribution in [0.4, 0.5) is 5.69 Å². The number of morpholine rings is 1. The molecule has 1 aromatic carbocycles. The first kappa shape index (κ1) is 14.8. The van der Waals surface area contributed by atoms with Gasteiger partial charge in [-0.15, -0.1) is 0 Å². The number of carboxylic acids is 1. The number of nitrogens with zero attached hydrogens (tertiary/aromatic N) is 1. The van der Waals surface area contributed by atoms with E-state index in [9.17, 15) is 9.59 Å². The summed E-state index contributed by atoms with van der Waals surface area (Å²) in [6, 6.07) is 5.01. The second-order valence-corrected chi connectivity index (χ2v) is 5.53. The highest BCUT2D eigenvalue weighted by Crippen LogP contribution is 2.20. The van der Waals surface area contributed by atoms with Crippen molar-refractivity contribution in [3.05, 3.63) is 28.2 Å². The zero-order valence-corrected chi connectivity index (χ0v) is 12.3. The third kappa shape index (κ3) is 3.71. The Balaban J connectivity index is 2.10. The van der Waals surface area contributed by atoms with Gasteiger partial charge in [0.05, 0.1) is 19.1 Å². The molecule has 0 aliphatic carbocycles. The van der Waals surface area contributed by atoms with Crippen molar-refractivity contribution in [1.29, 1.82) is 0 Å². The number of carbonyl (C=O) groups excluding carboxylic acids is 1. The molecule has 108 valence electrons. The molecule has 20 heavy (non-hydrogen) atoms. The van der Waals surface area contributed by atoms with Crippen LogP contribution in [0.5, 0.6) is 0 Å². The number of amides is 1. The lowest BCUT2D eigenvalue weighted by atomic mass is 10.1. The number of hydrogen-bond acceptors (Lipinski definition) is 4. The second-order valence-electron chi connectivity index (χ2n) is 4.62. The van der Waals surface area contributed by atoms with E-state index in [1.165, 1.54) is 0 Å². The standard InChI is InChI=1S/C13H15BrN2O4/c14-9-3-8(4-10(15)5-9)13(19)16-1-2-20-11(7-16)6-12(17)18/h3-5,11H,1-2,6-7,15H2,(H,17,18). The molecule has 1 aromatic rings. The third-order valence-corrected chi connectivity index (χ3v) is 3.45. The number of benzene rings is 1. The number of nitrogens with two attached hydrogens (primary N) is 1. The summed E-state index contributed by atoms with van der Waals surface area (Å²) in [6.45, 7) is 1.06. The Bertz CT molecular complexity index is 515. The molecular formula is C13H15BrN2O4. The minimum atomic E-state index is -0.934. The molecule has 7 heteroatoms. The van der Waals surface area contributed by atoms with E-state index < -0.39 is 12.1 Å². The van der Waals surface area contributed by atoms with Crippen molar-refractivity contribution in [2.24, 2.45) is 0 Å². The third-order valence-electron chi connectivity index (χ3n) is 3.00. The minimum absolute atomic E-state index is 0.107. The fraction of sp³-hybridized carbons (Fsp3) is 0.385. The van der Waals surface area contributed by atoms with Crippen molar-refractivity contribution in [3.63, 3.8) is 0 Å². The molecule has 2 rings (SSSR count). The zero-order valence-electron chi connectivity index (χ0n) is 10.7. The number of halogens is 1. The maximum atomic E-state index is 12.4. The summed E-state index contributed by atoms with van der Waals surface area (Å²) in [5.74, 6) is -1.10. The van der Waals surface area contributed by atoms with Gasteiger partial charge in [0.1, 0.15) is 0 Å². The van der Waals surface area contributed by atoms with E-state index >= 15 is 0 Å². The van der Waals surface area contributed by atoms with Crippen molar-refractivity contribution >= 4 is 33.5 Å². The van der Waals surface area contributed by atoms with Crippen LogP contribution in [0.3, 0.4) is 0 Å². The summed E-state index contributed by atoms with van der Waals surface area (Å²) in [6.07, 6.45) is -0.570. The number of anilines is 1. The van der Waals surface area contributed by atoms with Crippen LogP contribution in [0.1, 0.15) is 16.8 Å². The molecule has 0 spiro atoms. The number of ether oxygens (including phenoxy) is 1. The lowest BCUT2D eigenvalue weighted by molar-refractivity contribution is -0.141. The number of carboxylic acid groups (broad SMARTS) is 1. The molecule has 1 saturated heterocycles. The van der Waals surface area contributed by atoms with Crippen LogP contribution in [-0.2, 0) is 9.53 Å². The molecule has 0 saturated carbocycles. The number of rotatable bonds is 3. The first-order chi connectivity index (χ1) is 9.45. The monoisotopic (exact) mass is 342 g/mol. The first-order valence-corrected chi connectivity index (χ1v) is 6.94. The van der Waals surface area contributed by atoms with E-state index in [2.05, 4.69) is 15.9 Å². The lowest BCUT2D eigenvalue weighted by Gasteiger charge is -2.32. The van der Waals surface area contributed by atoms with Gasteiger partial charge in [-0.25, -0.2) is 0 Å². The van der Waals surface area contributed by atoms with Crippen molar-refractivity contribution in [2.75, 3.05) is 25.4 Å². The van der Waals surface area contributed by atoms with E-state index in [-0.39, 0.29) is 18.9 Å². The van der Waals surface area contributed by atoms with Crippen molar-refractivity contribution < 1.29 is 19.4 Å². The SMILES string of the molecule is Nc1cc(Br)cc(C(=O)N2CCOC(CC(=O)O)C2)c1. The normalized spacial score (nSPS) is 18.9. The molecular weight excluding hydrogens is 328 g/mol. The molecule has 1 fully saturated rings. The quantitative estimate of drug-likeness (QED) is 0.808. The average molecular weight is 343 g/mol. The van der Waals surface area contributed by atoms with Gasteiger partial charge in [-0.3, -0.25) is 9.59 Å². The van der Waals surface area contributed by atoms with Crippen LogP contribution >= 0.6 is 15.9 Å². The zero-order chi connectivity index (χ0) is 14.7. The van der Waals surface area contributed by atoms with Gasteiger partial charge in [0, 0.05) is 28.8 Å². The Morgan fingerprint density at radius 2 is 2.20 bits per heavy atom. The van der Waals surface area contributed by atoms with Crippen LogP contribution < -0.4 is 5.73 Å². The molecule has 0 bridgehead atoms. The summed E-state index contributed by atoms with van der Waals surface area (Å²) in [5, 5.41) is 8.77. The molecule has 6 nitrogen and oxygen atoms in total. The van der Waals surface area contributed by atoms with Gasteiger partial charge in [0.25, 0.3) is 5.91 Å². The van der Waals surface area contributed by atoms with Crippen LogP contribution in [0, 0.1) is 0 Å². The predicted molar refractivity (Wildman–Crippen MR) is 76.5 cm³/mol. The number of nitrogen functional groups attached to an aromatic ring is 1. The van der Waals surface area contributed by atoms with E-state index in [0.29, 0.717) is 24.4 Å².